The van der Waals surface area contributed by atoms with Gasteiger partial charge in [0.15, 0.2) is 11.5 Å². The normalized spacial score (nSPS) is 17.3. The van der Waals surface area contributed by atoms with Gasteiger partial charge >= 0.3 is 6.01 Å². The van der Waals surface area contributed by atoms with Gasteiger partial charge in [0.05, 0.1) is 28.8 Å². The van der Waals surface area contributed by atoms with Crippen molar-refractivity contribution in [1.82, 2.24) is 20.0 Å². The molecule has 9 heteroatoms. The van der Waals surface area contributed by atoms with Gasteiger partial charge in [-0.25, -0.2) is 9.97 Å². The van der Waals surface area contributed by atoms with Crippen molar-refractivity contribution in [2.45, 2.75) is 18.9 Å². The second-order valence-electron chi connectivity index (χ2n) is 5.87. The topological polar surface area (TPSA) is 81.4 Å². The molecule has 0 N–H and O–H groups in total. The maximum absolute atomic E-state index is 12.7. The maximum Gasteiger partial charge on any atom is 0.316 e. The lowest BCUT2D eigenvalue weighted by Gasteiger charge is -2.31. The van der Waals surface area contributed by atoms with Crippen molar-refractivity contribution >= 4 is 28.8 Å². The van der Waals surface area contributed by atoms with E-state index >= 15 is 0 Å². The Morgan fingerprint density at radius 3 is 3.00 bits per heavy atom. The SMILES string of the molecule is O=C(c1cc(-c2cccs2)on1)N1CCCC(Oc2ncc(Cl)cn2)C1. The molecule has 26 heavy (non-hydrogen) atoms. The van der Waals surface area contributed by atoms with E-state index in [4.69, 9.17) is 20.9 Å². The molecule has 1 saturated heterocycles. The second-order valence-corrected chi connectivity index (χ2v) is 7.25. The average Bonchev–Trinajstić information content (AvgIpc) is 3.35. The summed E-state index contributed by atoms with van der Waals surface area (Å²) in [5.41, 5.74) is 0.303. The minimum atomic E-state index is -0.169. The van der Waals surface area contributed by atoms with E-state index in [0.29, 0.717) is 29.6 Å². The molecule has 1 atom stereocenters. The highest BCUT2D eigenvalue weighted by Gasteiger charge is 2.28. The number of ether oxygens (including phenoxy) is 1. The second kappa shape index (κ2) is 7.43. The summed E-state index contributed by atoms with van der Waals surface area (Å²) in [5, 5.41) is 6.32. The van der Waals surface area contributed by atoms with Crippen LogP contribution in [-0.2, 0) is 0 Å². The Hall–Kier alpha value is -2.45. The number of nitrogens with zero attached hydrogens (tertiary/aromatic N) is 4. The number of carbonyl (C=O) groups is 1. The Labute approximate surface area is 158 Å². The monoisotopic (exact) mass is 390 g/mol. The summed E-state index contributed by atoms with van der Waals surface area (Å²) in [7, 11) is 0. The third kappa shape index (κ3) is 3.71. The molecule has 134 valence electrons. The number of rotatable bonds is 4. The quantitative estimate of drug-likeness (QED) is 0.677. The molecule has 0 aliphatic carbocycles. The summed E-state index contributed by atoms with van der Waals surface area (Å²) in [5.74, 6) is 0.435. The molecular formula is C17H15ClN4O3S. The molecule has 0 bridgehead atoms. The van der Waals surface area contributed by atoms with Crippen LogP contribution in [0.2, 0.25) is 5.02 Å². The highest BCUT2D eigenvalue weighted by molar-refractivity contribution is 7.13. The van der Waals surface area contributed by atoms with E-state index in [0.717, 1.165) is 17.7 Å². The Morgan fingerprint density at radius 1 is 1.38 bits per heavy atom. The number of hydrogen-bond donors (Lipinski definition) is 0. The maximum atomic E-state index is 12.7. The minimum absolute atomic E-state index is 0.165. The molecule has 3 aromatic heterocycles. The fourth-order valence-electron chi connectivity index (χ4n) is 2.80. The molecule has 0 spiro atoms. The first kappa shape index (κ1) is 17.0. The van der Waals surface area contributed by atoms with Gasteiger partial charge in [-0.05, 0) is 24.3 Å². The molecule has 1 aliphatic rings. The Morgan fingerprint density at radius 2 is 2.23 bits per heavy atom. The molecule has 0 saturated carbocycles. The van der Waals surface area contributed by atoms with E-state index in [9.17, 15) is 4.79 Å². The van der Waals surface area contributed by atoms with E-state index in [1.807, 2.05) is 17.5 Å². The van der Waals surface area contributed by atoms with E-state index in [2.05, 4.69) is 15.1 Å². The molecule has 0 aromatic carbocycles. The van der Waals surface area contributed by atoms with Gasteiger partial charge in [-0.2, -0.15) is 0 Å². The highest BCUT2D eigenvalue weighted by Crippen LogP contribution is 2.26. The minimum Gasteiger partial charge on any atom is -0.458 e. The first-order chi connectivity index (χ1) is 12.7. The van der Waals surface area contributed by atoms with Crippen LogP contribution in [0.4, 0.5) is 0 Å². The molecule has 7 nitrogen and oxygen atoms in total. The molecule has 4 rings (SSSR count). The molecule has 1 amide bonds. The van der Waals surface area contributed by atoms with Crippen LogP contribution in [0.5, 0.6) is 6.01 Å². The standard InChI is InChI=1S/C17H15ClN4O3S/c18-11-8-19-17(20-9-11)24-12-3-1-5-22(10-12)16(23)13-7-14(25-21-13)15-4-2-6-26-15/h2,4,6-9,12H,1,3,5,10H2. The number of likely N-dealkylation sites (tertiary alicyclic amines) is 1. The fourth-order valence-corrected chi connectivity index (χ4v) is 3.57. The Bertz CT molecular complexity index is 882. The molecule has 1 aliphatic heterocycles. The van der Waals surface area contributed by atoms with Gasteiger partial charge in [0, 0.05) is 12.6 Å². The summed E-state index contributed by atoms with van der Waals surface area (Å²) in [6.45, 7) is 1.10. The van der Waals surface area contributed by atoms with Crippen molar-refractivity contribution in [1.29, 1.82) is 0 Å². The lowest BCUT2D eigenvalue weighted by molar-refractivity contribution is 0.0507. The first-order valence-electron chi connectivity index (χ1n) is 8.13. The molecule has 4 heterocycles. The largest absolute Gasteiger partial charge is 0.458 e. The van der Waals surface area contributed by atoms with Crippen LogP contribution < -0.4 is 4.74 Å². The van der Waals surface area contributed by atoms with Crippen molar-refractivity contribution in [2.75, 3.05) is 13.1 Å². The van der Waals surface area contributed by atoms with Crippen molar-refractivity contribution in [3.05, 3.63) is 46.7 Å². The van der Waals surface area contributed by atoms with Gasteiger partial charge in [0.1, 0.15) is 6.10 Å². The molecule has 1 fully saturated rings. The van der Waals surface area contributed by atoms with E-state index in [1.54, 1.807) is 11.0 Å². The van der Waals surface area contributed by atoms with Gasteiger partial charge in [-0.15, -0.1) is 11.3 Å². The summed E-state index contributed by atoms with van der Waals surface area (Å²) in [6.07, 6.45) is 4.46. The predicted molar refractivity (Wildman–Crippen MR) is 96.4 cm³/mol. The summed E-state index contributed by atoms with van der Waals surface area (Å²) in [6, 6.07) is 5.79. The predicted octanol–water partition coefficient (Wildman–Crippen LogP) is 3.53. The van der Waals surface area contributed by atoms with E-state index in [-0.39, 0.29) is 18.0 Å². The number of amides is 1. The third-order valence-electron chi connectivity index (χ3n) is 4.03. The van der Waals surface area contributed by atoms with Crippen LogP contribution in [0.3, 0.4) is 0 Å². The number of carbonyl (C=O) groups excluding carboxylic acids is 1. The number of hydrogen-bond acceptors (Lipinski definition) is 7. The summed E-state index contributed by atoms with van der Waals surface area (Å²) < 4.78 is 11.1. The summed E-state index contributed by atoms with van der Waals surface area (Å²) >= 11 is 7.31. The molecule has 1 unspecified atom stereocenters. The fraction of sp³-hybridized carbons (Fsp3) is 0.294. The van der Waals surface area contributed by atoms with Gasteiger partial charge in [-0.3, -0.25) is 4.79 Å². The zero-order valence-corrected chi connectivity index (χ0v) is 15.2. The van der Waals surface area contributed by atoms with Crippen LogP contribution in [0, 0.1) is 0 Å². The number of piperidine rings is 1. The molecule has 3 aromatic rings. The van der Waals surface area contributed by atoms with Gasteiger partial charge < -0.3 is 14.2 Å². The Kier molecular flexibility index (Phi) is 4.85. The first-order valence-corrected chi connectivity index (χ1v) is 9.39. The molecular weight excluding hydrogens is 376 g/mol. The van der Waals surface area contributed by atoms with Gasteiger partial charge in [-0.1, -0.05) is 22.8 Å². The van der Waals surface area contributed by atoms with Crippen LogP contribution in [0.1, 0.15) is 23.3 Å². The number of aromatic nitrogens is 3. The Balaban J connectivity index is 1.42. The number of thiophene rings is 1. The number of halogens is 1. The van der Waals surface area contributed by atoms with Crippen LogP contribution >= 0.6 is 22.9 Å². The smallest absolute Gasteiger partial charge is 0.316 e. The average molecular weight is 391 g/mol. The van der Waals surface area contributed by atoms with Gasteiger partial charge in [0.25, 0.3) is 5.91 Å². The van der Waals surface area contributed by atoms with Crippen molar-refractivity contribution < 1.29 is 14.1 Å². The van der Waals surface area contributed by atoms with Crippen molar-refractivity contribution in [2.24, 2.45) is 0 Å². The van der Waals surface area contributed by atoms with Crippen LogP contribution in [0.25, 0.3) is 10.6 Å². The lowest BCUT2D eigenvalue weighted by atomic mass is 10.1. The summed E-state index contributed by atoms with van der Waals surface area (Å²) in [4.78, 5) is 23.5. The lowest BCUT2D eigenvalue weighted by Crippen LogP contribution is -2.44. The van der Waals surface area contributed by atoms with Crippen LogP contribution in [0.15, 0.2) is 40.5 Å². The third-order valence-corrected chi connectivity index (χ3v) is 5.11. The molecule has 0 radical (unpaired) electrons. The zero-order valence-electron chi connectivity index (χ0n) is 13.7. The van der Waals surface area contributed by atoms with Crippen molar-refractivity contribution in [3.63, 3.8) is 0 Å². The van der Waals surface area contributed by atoms with Crippen LogP contribution in [-0.4, -0.2) is 45.1 Å². The highest BCUT2D eigenvalue weighted by atomic mass is 35.5. The van der Waals surface area contributed by atoms with Gasteiger partial charge in [0.2, 0.25) is 0 Å². The zero-order chi connectivity index (χ0) is 17.9. The van der Waals surface area contributed by atoms with Crippen molar-refractivity contribution in [3.8, 4) is 16.6 Å². The van der Waals surface area contributed by atoms with E-state index < -0.39 is 0 Å². The van der Waals surface area contributed by atoms with E-state index in [1.165, 1.54) is 23.7 Å².